The van der Waals surface area contributed by atoms with E-state index in [1.165, 1.54) is 18.2 Å². The molecule has 96 valence electrons. The molecule has 1 aromatic carbocycles. The van der Waals surface area contributed by atoms with E-state index in [4.69, 9.17) is 0 Å². The third-order valence-electron chi connectivity index (χ3n) is 2.49. The molecule has 4 heteroatoms. The molecule has 0 aliphatic rings. The summed E-state index contributed by atoms with van der Waals surface area (Å²) in [5, 5.41) is 9.31. The molecule has 18 heavy (non-hydrogen) atoms. The lowest BCUT2D eigenvalue weighted by Gasteiger charge is -2.26. The highest BCUT2D eigenvalue weighted by Gasteiger charge is 2.26. The van der Waals surface area contributed by atoms with E-state index >= 15 is 0 Å². The molecule has 0 spiro atoms. The Bertz CT molecular complexity index is 435. The second-order valence-corrected chi connectivity index (χ2v) is 3.83. The normalized spacial score (nSPS) is 12.1. The minimum absolute atomic E-state index is 0.388. The predicted octanol–water partition coefficient (Wildman–Crippen LogP) is 2.63. The van der Waals surface area contributed by atoms with Gasteiger partial charge in [-0.25, -0.2) is 4.39 Å². The number of halogens is 1. The van der Waals surface area contributed by atoms with Gasteiger partial charge in [-0.05, 0) is 17.7 Å². The molecule has 0 aliphatic heterocycles. The molecule has 0 saturated heterocycles. The van der Waals surface area contributed by atoms with Gasteiger partial charge in [-0.2, -0.15) is 0 Å². The number of nitrogens with zero attached hydrogens (tertiary/aromatic N) is 1. The maximum Gasteiger partial charge on any atom is 0.325 e. The topological polar surface area (TPSA) is 40.5 Å². The van der Waals surface area contributed by atoms with Crippen LogP contribution in [0.5, 0.6) is 0 Å². The lowest BCUT2D eigenvalue weighted by molar-refractivity contribution is -0.143. The molecule has 1 atom stereocenters. The molecule has 0 aliphatic carbocycles. The summed E-state index contributed by atoms with van der Waals surface area (Å²) in [5.74, 6) is -1.47. The van der Waals surface area contributed by atoms with Gasteiger partial charge < -0.3 is 5.11 Å². The molecule has 0 amide bonds. The second-order valence-electron chi connectivity index (χ2n) is 3.83. The fourth-order valence-corrected chi connectivity index (χ4v) is 1.80. The zero-order chi connectivity index (χ0) is 13.5. The number of carboxylic acids is 1. The van der Waals surface area contributed by atoms with Crippen molar-refractivity contribution in [1.29, 1.82) is 0 Å². The molecule has 0 heterocycles. The second kappa shape index (κ2) is 6.71. The van der Waals surface area contributed by atoms with Gasteiger partial charge in [-0.1, -0.05) is 24.3 Å². The Morgan fingerprint density at radius 1 is 1.39 bits per heavy atom. The van der Waals surface area contributed by atoms with Gasteiger partial charge in [0.15, 0.2) is 0 Å². The first-order valence-electron chi connectivity index (χ1n) is 5.54. The number of benzene rings is 1. The van der Waals surface area contributed by atoms with Gasteiger partial charge in [0.2, 0.25) is 0 Å². The van der Waals surface area contributed by atoms with Crippen LogP contribution in [-0.4, -0.2) is 29.1 Å². The molecule has 3 nitrogen and oxygen atoms in total. The summed E-state index contributed by atoms with van der Waals surface area (Å²) < 4.78 is 13.2. The highest BCUT2D eigenvalue weighted by Crippen LogP contribution is 2.21. The van der Waals surface area contributed by atoms with E-state index in [9.17, 15) is 14.3 Å². The highest BCUT2D eigenvalue weighted by atomic mass is 19.1. The number of hydrogen-bond donors (Lipinski definition) is 1. The number of carbonyl (C=O) groups is 1. The zero-order valence-electron chi connectivity index (χ0n) is 10.1. The van der Waals surface area contributed by atoms with Gasteiger partial charge in [0.25, 0.3) is 0 Å². The van der Waals surface area contributed by atoms with E-state index in [-0.39, 0.29) is 0 Å². The van der Waals surface area contributed by atoms with Crippen LogP contribution in [0.4, 0.5) is 4.39 Å². The maximum atomic E-state index is 13.2. The first-order chi connectivity index (χ1) is 8.60. The highest BCUT2D eigenvalue weighted by molar-refractivity contribution is 5.75. The summed E-state index contributed by atoms with van der Waals surface area (Å²) in [4.78, 5) is 13.0. The van der Waals surface area contributed by atoms with Crippen molar-refractivity contribution in [2.75, 3.05) is 13.1 Å². The summed E-state index contributed by atoms with van der Waals surface area (Å²) in [6.07, 6.45) is 3.22. The van der Waals surface area contributed by atoms with Crippen LogP contribution < -0.4 is 0 Å². The van der Waals surface area contributed by atoms with Gasteiger partial charge in [-0.3, -0.25) is 9.69 Å². The van der Waals surface area contributed by atoms with E-state index in [1.54, 1.807) is 23.1 Å². The van der Waals surface area contributed by atoms with Crippen LogP contribution in [0.15, 0.2) is 49.6 Å². The Kier molecular flexibility index (Phi) is 5.27. The van der Waals surface area contributed by atoms with Crippen molar-refractivity contribution < 1.29 is 14.3 Å². The third kappa shape index (κ3) is 3.53. The van der Waals surface area contributed by atoms with E-state index < -0.39 is 17.8 Å². The minimum atomic E-state index is -1.02. The van der Waals surface area contributed by atoms with E-state index in [0.717, 1.165) is 0 Å². The number of aliphatic carboxylic acids is 1. The Hall–Kier alpha value is -1.94. The standard InChI is InChI=1S/C14H16FNO2/c1-3-8-16(9-4-2)13(14(17)18)11-6-5-7-12(15)10-11/h3-7,10,13H,1-2,8-9H2,(H,17,18). The van der Waals surface area contributed by atoms with E-state index in [2.05, 4.69) is 13.2 Å². The number of hydrogen-bond acceptors (Lipinski definition) is 2. The van der Waals surface area contributed by atoms with Crippen molar-refractivity contribution in [3.8, 4) is 0 Å². The molecule has 1 aromatic rings. The fraction of sp³-hybridized carbons (Fsp3) is 0.214. The Balaban J connectivity index is 3.10. The smallest absolute Gasteiger partial charge is 0.325 e. The van der Waals surface area contributed by atoms with E-state index in [1.807, 2.05) is 0 Å². The molecular formula is C14H16FNO2. The van der Waals surface area contributed by atoms with Crippen molar-refractivity contribution >= 4 is 5.97 Å². The SMILES string of the molecule is C=CCN(CC=C)C(C(=O)O)c1cccc(F)c1. The maximum absolute atomic E-state index is 13.2. The van der Waals surface area contributed by atoms with Gasteiger partial charge in [0.1, 0.15) is 11.9 Å². The molecule has 0 saturated carbocycles. The zero-order valence-corrected chi connectivity index (χ0v) is 10.1. The molecule has 1 N–H and O–H groups in total. The Labute approximate surface area is 106 Å². The molecule has 0 fully saturated rings. The molecule has 0 aromatic heterocycles. The molecule has 0 bridgehead atoms. The van der Waals surface area contributed by atoms with Crippen molar-refractivity contribution in [2.45, 2.75) is 6.04 Å². The van der Waals surface area contributed by atoms with Crippen LogP contribution in [0.2, 0.25) is 0 Å². The van der Waals surface area contributed by atoms with Crippen LogP contribution in [-0.2, 0) is 4.79 Å². The van der Waals surface area contributed by atoms with Gasteiger partial charge in [0.05, 0.1) is 0 Å². The van der Waals surface area contributed by atoms with E-state index in [0.29, 0.717) is 18.7 Å². The van der Waals surface area contributed by atoms with Crippen molar-refractivity contribution in [3.63, 3.8) is 0 Å². The number of rotatable bonds is 7. The third-order valence-corrected chi connectivity index (χ3v) is 2.49. The predicted molar refractivity (Wildman–Crippen MR) is 68.7 cm³/mol. The van der Waals surface area contributed by atoms with Crippen LogP contribution in [0, 0.1) is 5.82 Å². The monoisotopic (exact) mass is 249 g/mol. The van der Waals surface area contributed by atoms with Crippen molar-refractivity contribution in [1.82, 2.24) is 4.90 Å². The van der Waals surface area contributed by atoms with Crippen LogP contribution in [0.1, 0.15) is 11.6 Å². The first kappa shape index (κ1) is 14.1. The summed E-state index contributed by atoms with van der Waals surface area (Å²) >= 11 is 0. The fourth-order valence-electron chi connectivity index (χ4n) is 1.80. The van der Waals surface area contributed by atoms with Gasteiger partial charge >= 0.3 is 5.97 Å². The molecule has 1 rings (SSSR count). The van der Waals surface area contributed by atoms with Crippen molar-refractivity contribution in [2.24, 2.45) is 0 Å². The molecule has 1 unspecified atom stereocenters. The minimum Gasteiger partial charge on any atom is -0.480 e. The summed E-state index contributed by atoms with van der Waals surface area (Å²) in [6, 6.07) is 4.71. The van der Waals surface area contributed by atoms with Crippen LogP contribution in [0.3, 0.4) is 0 Å². The van der Waals surface area contributed by atoms with Crippen molar-refractivity contribution in [3.05, 3.63) is 61.0 Å². The average Bonchev–Trinajstić information content (AvgIpc) is 2.29. The Morgan fingerprint density at radius 2 is 2.00 bits per heavy atom. The quantitative estimate of drug-likeness (QED) is 0.755. The Morgan fingerprint density at radius 3 is 2.44 bits per heavy atom. The average molecular weight is 249 g/mol. The largest absolute Gasteiger partial charge is 0.480 e. The summed E-state index contributed by atoms with van der Waals surface area (Å²) in [5.41, 5.74) is 0.409. The first-order valence-corrected chi connectivity index (χ1v) is 5.54. The summed E-state index contributed by atoms with van der Waals surface area (Å²) in [6.45, 7) is 7.96. The summed E-state index contributed by atoms with van der Waals surface area (Å²) in [7, 11) is 0. The number of carboxylic acid groups (broad SMARTS) is 1. The lowest BCUT2D eigenvalue weighted by Crippen LogP contribution is -2.34. The van der Waals surface area contributed by atoms with Crippen LogP contribution in [0.25, 0.3) is 0 Å². The lowest BCUT2D eigenvalue weighted by atomic mass is 10.0. The van der Waals surface area contributed by atoms with Crippen LogP contribution >= 0.6 is 0 Å². The van der Waals surface area contributed by atoms with Gasteiger partial charge in [-0.15, -0.1) is 13.2 Å². The van der Waals surface area contributed by atoms with Gasteiger partial charge in [0, 0.05) is 13.1 Å². The molecular weight excluding hydrogens is 233 g/mol. The molecule has 0 radical (unpaired) electrons.